The number of anilines is 2. The Morgan fingerprint density at radius 1 is 0.721 bits per heavy atom. The minimum absolute atomic E-state index is 0.00352. The highest BCUT2D eigenvalue weighted by Crippen LogP contribution is 2.36. The van der Waals surface area contributed by atoms with Crippen LogP contribution in [0.2, 0.25) is 0 Å². The van der Waals surface area contributed by atoms with E-state index in [0.717, 1.165) is 9.36 Å². The largest absolute Gasteiger partial charge is 0.467 e. The molecule has 0 aliphatic heterocycles. The van der Waals surface area contributed by atoms with Gasteiger partial charge in [-0.15, -0.1) is 20.5 Å². The molecule has 0 spiro atoms. The van der Waals surface area contributed by atoms with Gasteiger partial charge in [0, 0.05) is 0 Å². The summed E-state index contributed by atoms with van der Waals surface area (Å²) in [5, 5.41) is 44.6. The van der Waals surface area contributed by atoms with Crippen LogP contribution in [0.25, 0.3) is 28.1 Å². The first kappa shape index (κ1) is 45.8. The first-order chi connectivity index (χ1) is 32.9. The number of nitrogens with zero attached hydrogens (tertiary/aromatic N) is 17. The molecule has 0 radical (unpaired) electrons. The number of benzene rings is 2. The highest BCUT2D eigenvalue weighted by atomic mass is 16.5. The van der Waals surface area contributed by atoms with E-state index in [0.29, 0.717) is 11.1 Å². The number of carbonyl (C=O) groups excluding carboxylic acids is 4. The number of hydrogen-bond donors (Lipinski definition) is 2. The summed E-state index contributed by atoms with van der Waals surface area (Å²) >= 11 is 0. The Kier molecular flexibility index (Phi) is 13.2. The summed E-state index contributed by atoms with van der Waals surface area (Å²) in [7, 11) is 3.72. The van der Waals surface area contributed by atoms with Crippen LogP contribution in [-0.4, -0.2) is 100 Å². The molecule has 0 bridgehead atoms. The lowest BCUT2D eigenvalue weighted by molar-refractivity contribution is -0.130. The van der Waals surface area contributed by atoms with Crippen molar-refractivity contribution in [2.24, 2.45) is 20.5 Å². The smallest absolute Gasteiger partial charge is 0.337 e. The molecule has 0 aliphatic carbocycles. The molecule has 4 N–H and O–H groups in total. The van der Waals surface area contributed by atoms with E-state index in [1.165, 1.54) is 67.4 Å². The van der Waals surface area contributed by atoms with Gasteiger partial charge in [0.15, 0.2) is 34.6 Å². The van der Waals surface area contributed by atoms with E-state index >= 15 is 0 Å². The summed E-state index contributed by atoms with van der Waals surface area (Å²) in [5.41, 5.74) is 15.3. The fourth-order valence-corrected chi connectivity index (χ4v) is 6.33. The molecule has 0 saturated carbocycles. The van der Waals surface area contributed by atoms with Gasteiger partial charge >= 0.3 is 17.9 Å². The highest BCUT2D eigenvalue weighted by molar-refractivity contribution is 5.91. The van der Waals surface area contributed by atoms with Crippen molar-refractivity contribution in [1.29, 1.82) is 5.26 Å². The number of nitrogen functional groups attached to an aromatic ring is 2. The molecule has 7 aromatic rings. The van der Waals surface area contributed by atoms with Gasteiger partial charge in [-0.2, -0.15) is 50.0 Å². The molecule has 2 aromatic carbocycles. The monoisotopic (exact) mass is 923 g/mol. The van der Waals surface area contributed by atoms with Crippen LogP contribution in [0.3, 0.4) is 0 Å². The first-order valence-electron chi connectivity index (χ1n) is 19.2. The predicted octanol–water partition coefficient (Wildman–Crippen LogP) is 4.58. The number of esters is 2. The van der Waals surface area contributed by atoms with Gasteiger partial charge in [-0.05, 0) is 61.4 Å². The fraction of sp³-hybridized carbons (Fsp3) is 0.175. The van der Waals surface area contributed by atoms with Crippen LogP contribution >= 0.6 is 0 Å². The van der Waals surface area contributed by atoms with Gasteiger partial charge < -0.3 is 35.2 Å². The topological polar surface area (TPSA) is 354 Å². The molecule has 0 unspecified atom stereocenters. The summed E-state index contributed by atoms with van der Waals surface area (Å²) in [6.07, 6.45) is 2.49. The van der Waals surface area contributed by atoms with Crippen LogP contribution in [0.5, 0.6) is 6.01 Å². The number of azo groups is 2. The van der Waals surface area contributed by atoms with Crippen LogP contribution in [0, 0.1) is 31.8 Å². The molecule has 5 aromatic heterocycles. The standard InChI is InChI=1S/C40H33N19O9/c1-20-30(50-52-34-26(13-41)14-45-56(34)27-9-22(16-67-18-60)7-24(11-27)36(62)64-4)32(42)58(54-20)38-47-39(49-40(48-38)66-6)59-33(43)31(21(2)55-59)51-53-35-29(44-3)15-46-57(35)28-10-23(17-68-19-61)8-25(12-28)37(63)65-5/h7-12,14-15,18-19H,16-17,42-43H2,1-2,4-6H3. The lowest BCUT2D eigenvalue weighted by atomic mass is 10.1. The van der Waals surface area contributed by atoms with Gasteiger partial charge in [-0.1, -0.05) is 0 Å². The van der Waals surface area contributed by atoms with Crippen LogP contribution in [0.15, 0.2) is 69.2 Å². The fourth-order valence-electron chi connectivity index (χ4n) is 6.33. The molecule has 0 atom stereocenters. The molecule has 68 heavy (non-hydrogen) atoms. The van der Waals surface area contributed by atoms with Crippen LogP contribution < -0.4 is 16.2 Å². The maximum Gasteiger partial charge on any atom is 0.337 e. The molecule has 28 heteroatoms. The minimum Gasteiger partial charge on any atom is -0.467 e. The summed E-state index contributed by atoms with van der Waals surface area (Å²) < 4.78 is 29.6. The minimum atomic E-state index is -0.682. The van der Waals surface area contributed by atoms with Gasteiger partial charge in [0.05, 0.1) is 74.2 Å². The van der Waals surface area contributed by atoms with Gasteiger partial charge in [0.1, 0.15) is 24.8 Å². The number of carbonyl (C=O) groups is 4. The number of rotatable bonds is 17. The van der Waals surface area contributed by atoms with E-state index in [9.17, 15) is 24.4 Å². The van der Waals surface area contributed by atoms with E-state index in [1.807, 2.05) is 6.07 Å². The summed E-state index contributed by atoms with van der Waals surface area (Å²) in [4.78, 5) is 63.4. The molecule has 0 fully saturated rings. The average molecular weight is 924 g/mol. The van der Waals surface area contributed by atoms with Gasteiger partial charge in [-0.3, -0.25) is 9.59 Å². The molecule has 0 amide bonds. The first-order valence-corrected chi connectivity index (χ1v) is 19.2. The summed E-state index contributed by atoms with van der Waals surface area (Å²) in [5.74, 6) is -2.02. The van der Waals surface area contributed by atoms with Gasteiger partial charge in [0.2, 0.25) is 0 Å². The molecular weight excluding hydrogens is 891 g/mol. The number of aryl methyl sites for hydroxylation is 2. The molecule has 0 saturated heterocycles. The number of aromatic nitrogens is 11. The van der Waals surface area contributed by atoms with Crippen LogP contribution in [-0.2, 0) is 41.8 Å². The van der Waals surface area contributed by atoms with E-state index in [2.05, 4.69) is 60.6 Å². The SMILES string of the molecule is [C-]#[N+]c1cnn(-c2cc(COC=O)cc(C(=O)OC)c2)c1N=Nc1c(C)nn(-c2nc(OC)nc(-n3nc(C)c(N=Nc4c(C#N)cnn4-c4cc(COC=O)cc(C(=O)OC)c4)c3N)n2)c1N. The quantitative estimate of drug-likeness (QED) is 0.0415. The maximum atomic E-state index is 12.5. The second-order valence-electron chi connectivity index (χ2n) is 13.6. The second kappa shape index (κ2) is 19.6. The van der Waals surface area contributed by atoms with E-state index in [4.69, 9.17) is 41.7 Å². The van der Waals surface area contributed by atoms with Gasteiger partial charge in [0.25, 0.3) is 30.5 Å². The number of nitrogens with two attached hydrogens (primary N) is 2. The summed E-state index contributed by atoms with van der Waals surface area (Å²) in [6, 6.07) is 10.8. The zero-order valence-electron chi connectivity index (χ0n) is 36.1. The summed E-state index contributed by atoms with van der Waals surface area (Å²) in [6.45, 7) is 11.1. The lowest BCUT2D eigenvalue weighted by Crippen LogP contribution is -2.14. The van der Waals surface area contributed by atoms with Crippen molar-refractivity contribution in [2.75, 3.05) is 32.8 Å². The van der Waals surface area contributed by atoms with E-state index < -0.39 is 11.9 Å². The molecule has 5 heterocycles. The molecule has 0 aliphatic rings. The van der Waals surface area contributed by atoms with Crippen molar-refractivity contribution in [1.82, 2.24) is 54.1 Å². The van der Waals surface area contributed by atoms with Crippen molar-refractivity contribution in [2.45, 2.75) is 27.1 Å². The lowest BCUT2D eigenvalue weighted by Gasteiger charge is -2.10. The van der Waals surface area contributed by atoms with E-state index in [1.54, 1.807) is 26.0 Å². The number of hydrogen-bond acceptors (Lipinski definition) is 23. The third-order valence-corrected chi connectivity index (χ3v) is 9.40. The van der Waals surface area contributed by atoms with Crippen molar-refractivity contribution in [3.05, 3.63) is 99.4 Å². The Hall–Kier alpha value is -10.3. The Morgan fingerprint density at radius 3 is 1.66 bits per heavy atom. The number of methoxy groups -OCH3 is 3. The van der Waals surface area contributed by atoms with Gasteiger partial charge in [-0.25, -0.2) is 23.8 Å². The average Bonchev–Trinajstić information content (AvgIpc) is 4.12. The van der Waals surface area contributed by atoms with Crippen molar-refractivity contribution in [3.63, 3.8) is 0 Å². The Labute approximate surface area is 381 Å². The van der Waals surface area contributed by atoms with Crippen molar-refractivity contribution in [3.8, 4) is 35.4 Å². The van der Waals surface area contributed by atoms with Crippen LogP contribution in [0.4, 0.5) is 40.3 Å². The van der Waals surface area contributed by atoms with Crippen LogP contribution in [0.1, 0.15) is 48.8 Å². The zero-order valence-corrected chi connectivity index (χ0v) is 36.1. The molecular formula is C40H33N19O9. The highest BCUT2D eigenvalue weighted by Gasteiger charge is 2.24. The second-order valence-corrected chi connectivity index (χ2v) is 13.6. The third kappa shape index (κ3) is 9.07. The predicted molar refractivity (Wildman–Crippen MR) is 230 cm³/mol. The zero-order chi connectivity index (χ0) is 48.6. The Bertz CT molecular complexity index is 3070. The third-order valence-electron chi connectivity index (χ3n) is 9.40. The Morgan fingerprint density at radius 2 is 1.21 bits per heavy atom. The number of nitriles is 1. The van der Waals surface area contributed by atoms with Crippen molar-refractivity contribution >= 4 is 65.2 Å². The van der Waals surface area contributed by atoms with Crippen molar-refractivity contribution < 1.29 is 42.9 Å². The number of ether oxygens (including phenoxy) is 5. The maximum absolute atomic E-state index is 12.5. The molecule has 28 nitrogen and oxygen atoms in total. The van der Waals surface area contributed by atoms with E-state index in [-0.39, 0.29) is 124 Å². The Balaban J connectivity index is 1.23. The molecule has 342 valence electrons. The normalized spacial score (nSPS) is 11.0. The molecule has 7 rings (SSSR count).